The van der Waals surface area contributed by atoms with E-state index < -0.39 is 0 Å². The molecule has 2 aliphatic rings. The van der Waals surface area contributed by atoms with Gasteiger partial charge in [-0.05, 0) is 50.2 Å². The lowest BCUT2D eigenvalue weighted by molar-refractivity contribution is 0.0342. The third kappa shape index (κ3) is 3.12. The lowest BCUT2D eigenvalue weighted by Crippen LogP contribution is -2.35. The summed E-state index contributed by atoms with van der Waals surface area (Å²) < 4.78 is 11.8. The van der Waals surface area contributed by atoms with Gasteiger partial charge in [-0.15, -0.1) is 11.6 Å². The highest BCUT2D eigenvalue weighted by Gasteiger charge is 2.49. The number of hydrogen-bond donors (Lipinski definition) is 0. The van der Waals surface area contributed by atoms with Crippen molar-refractivity contribution >= 4 is 11.6 Å². The lowest BCUT2D eigenvalue weighted by Gasteiger charge is -2.32. The molecule has 0 bridgehead atoms. The van der Waals surface area contributed by atoms with E-state index in [0.29, 0.717) is 6.10 Å². The van der Waals surface area contributed by atoms with Crippen molar-refractivity contribution in [3.05, 3.63) is 30.3 Å². The molecule has 1 aliphatic carbocycles. The van der Waals surface area contributed by atoms with Gasteiger partial charge in [0.1, 0.15) is 5.75 Å². The average molecular weight is 295 g/mol. The zero-order valence-corrected chi connectivity index (χ0v) is 12.6. The second kappa shape index (κ2) is 6.36. The molecule has 0 N–H and O–H groups in total. The normalized spacial score (nSPS) is 29.6. The molecule has 110 valence electrons. The second-order valence-corrected chi connectivity index (χ2v) is 6.41. The minimum absolute atomic E-state index is 0.197. The molecule has 1 aromatic rings. The summed E-state index contributed by atoms with van der Waals surface area (Å²) in [5.41, 5.74) is 0.197. The summed E-state index contributed by atoms with van der Waals surface area (Å²) >= 11 is 6.31. The van der Waals surface area contributed by atoms with E-state index >= 15 is 0 Å². The van der Waals surface area contributed by atoms with Gasteiger partial charge in [0, 0.05) is 17.9 Å². The number of para-hydroxylation sites is 1. The number of benzene rings is 1. The molecule has 0 spiro atoms. The maximum atomic E-state index is 6.31. The first kappa shape index (κ1) is 14.2. The molecule has 1 aromatic carbocycles. The fraction of sp³-hybridized carbons (Fsp3) is 0.647. The summed E-state index contributed by atoms with van der Waals surface area (Å²) in [6.07, 6.45) is 6.33. The van der Waals surface area contributed by atoms with E-state index in [9.17, 15) is 0 Å². The SMILES string of the molecule is ClCC1(CCCOc2ccccc2)CCOC1C1CC1. The summed E-state index contributed by atoms with van der Waals surface area (Å²) in [6, 6.07) is 10.0. The van der Waals surface area contributed by atoms with Gasteiger partial charge in [0.2, 0.25) is 0 Å². The molecule has 1 heterocycles. The van der Waals surface area contributed by atoms with Crippen molar-refractivity contribution in [2.24, 2.45) is 11.3 Å². The Hall–Kier alpha value is -0.730. The van der Waals surface area contributed by atoms with Gasteiger partial charge in [0.25, 0.3) is 0 Å². The van der Waals surface area contributed by atoms with Crippen LogP contribution in [0.1, 0.15) is 32.1 Å². The molecule has 0 aromatic heterocycles. The number of hydrogen-bond acceptors (Lipinski definition) is 2. The molecule has 2 fully saturated rings. The third-order valence-electron chi connectivity index (χ3n) is 4.65. The minimum Gasteiger partial charge on any atom is -0.494 e. The molecule has 2 nitrogen and oxygen atoms in total. The highest BCUT2D eigenvalue weighted by Crippen LogP contribution is 2.50. The smallest absolute Gasteiger partial charge is 0.119 e. The average Bonchev–Trinajstić information content (AvgIpc) is 3.25. The van der Waals surface area contributed by atoms with E-state index in [1.807, 2.05) is 30.3 Å². The van der Waals surface area contributed by atoms with Gasteiger partial charge in [0.15, 0.2) is 0 Å². The van der Waals surface area contributed by atoms with Gasteiger partial charge >= 0.3 is 0 Å². The Kier molecular flexibility index (Phi) is 4.52. The largest absolute Gasteiger partial charge is 0.494 e. The fourth-order valence-electron chi connectivity index (χ4n) is 3.35. The number of rotatable bonds is 7. The van der Waals surface area contributed by atoms with Crippen molar-refractivity contribution in [1.29, 1.82) is 0 Å². The highest BCUT2D eigenvalue weighted by molar-refractivity contribution is 6.18. The Labute approximate surface area is 126 Å². The summed E-state index contributed by atoms with van der Waals surface area (Å²) in [5, 5.41) is 0. The zero-order valence-electron chi connectivity index (χ0n) is 11.9. The van der Waals surface area contributed by atoms with Crippen LogP contribution >= 0.6 is 11.6 Å². The summed E-state index contributed by atoms with van der Waals surface area (Å²) in [6.45, 7) is 1.65. The molecule has 20 heavy (non-hydrogen) atoms. The van der Waals surface area contributed by atoms with Gasteiger partial charge in [-0.3, -0.25) is 0 Å². The molecular weight excluding hydrogens is 272 g/mol. The molecule has 2 unspecified atom stereocenters. The van der Waals surface area contributed by atoms with Crippen molar-refractivity contribution < 1.29 is 9.47 Å². The molecule has 0 amide bonds. The van der Waals surface area contributed by atoms with Crippen molar-refractivity contribution in [2.45, 2.75) is 38.2 Å². The van der Waals surface area contributed by atoms with Crippen molar-refractivity contribution in [2.75, 3.05) is 19.1 Å². The molecule has 0 radical (unpaired) electrons. The first-order chi connectivity index (χ1) is 9.84. The van der Waals surface area contributed by atoms with E-state index in [2.05, 4.69) is 0 Å². The number of alkyl halides is 1. The van der Waals surface area contributed by atoms with Gasteiger partial charge < -0.3 is 9.47 Å². The van der Waals surface area contributed by atoms with Crippen LogP contribution in [0.2, 0.25) is 0 Å². The topological polar surface area (TPSA) is 18.5 Å². The van der Waals surface area contributed by atoms with Crippen LogP contribution < -0.4 is 4.74 Å². The molecular formula is C17H23ClO2. The standard InChI is InChI=1S/C17H23ClO2/c18-13-17(10-12-20-16(17)14-7-8-14)9-4-11-19-15-5-2-1-3-6-15/h1-3,5-6,14,16H,4,7-13H2. The summed E-state index contributed by atoms with van der Waals surface area (Å²) in [4.78, 5) is 0. The van der Waals surface area contributed by atoms with Gasteiger partial charge in [-0.1, -0.05) is 18.2 Å². The molecule has 1 saturated carbocycles. The second-order valence-electron chi connectivity index (χ2n) is 6.14. The molecule has 3 rings (SSSR count). The maximum Gasteiger partial charge on any atom is 0.119 e. The van der Waals surface area contributed by atoms with Crippen molar-refractivity contribution in [3.63, 3.8) is 0 Å². The van der Waals surface area contributed by atoms with Crippen molar-refractivity contribution in [3.8, 4) is 5.75 Å². The van der Waals surface area contributed by atoms with Gasteiger partial charge in [0.05, 0.1) is 12.7 Å². The van der Waals surface area contributed by atoms with Crippen LogP contribution in [0, 0.1) is 11.3 Å². The predicted octanol–water partition coefficient (Wildman–Crippen LogP) is 4.27. The van der Waals surface area contributed by atoms with Gasteiger partial charge in [-0.2, -0.15) is 0 Å². The minimum atomic E-state index is 0.197. The molecule has 1 aliphatic heterocycles. The van der Waals surface area contributed by atoms with E-state index in [1.54, 1.807) is 0 Å². The van der Waals surface area contributed by atoms with Crippen LogP contribution in [0.3, 0.4) is 0 Å². The fourth-order valence-corrected chi connectivity index (χ4v) is 3.77. The van der Waals surface area contributed by atoms with Crippen LogP contribution in [0.5, 0.6) is 5.75 Å². The van der Waals surface area contributed by atoms with Crippen molar-refractivity contribution in [1.82, 2.24) is 0 Å². The maximum absolute atomic E-state index is 6.31. The monoisotopic (exact) mass is 294 g/mol. The lowest BCUT2D eigenvalue weighted by atomic mass is 9.77. The first-order valence-electron chi connectivity index (χ1n) is 7.69. The Balaban J connectivity index is 1.48. The van der Waals surface area contributed by atoms with Crippen LogP contribution in [-0.2, 0) is 4.74 Å². The predicted molar refractivity (Wildman–Crippen MR) is 81.4 cm³/mol. The Bertz CT molecular complexity index is 418. The van der Waals surface area contributed by atoms with Crippen LogP contribution in [0.15, 0.2) is 30.3 Å². The van der Waals surface area contributed by atoms with E-state index in [0.717, 1.165) is 50.0 Å². The first-order valence-corrected chi connectivity index (χ1v) is 8.23. The number of halogens is 1. The zero-order chi connectivity index (χ0) is 13.8. The van der Waals surface area contributed by atoms with Crippen LogP contribution in [0.25, 0.3) is 0 Å². The van der Waals surface area contributed by atoms with E-state index in [1.165, 1.54) is 12.8 Å². The Morgan fingerprint density at radius 2 is 2.05 bits per heavy atom. The van der Waals surface area contributed by atoms with Crippen LogP contribution in [0.4, 0.5) is 0 Å². The van der Waals surface area contributed by atoms with E-state index in [4.69, 9.17) is 21.1 Å². The number of ether oxygens (including phenoxy) is 2. The summed E-state index contributed by atoms with van der Waals surface area (Å²) in [5.74, 6) is 2.44. The summed E-state index contributed by atoms with van der Waals surface area (Å²) in [7, 11) is 0. The Morgan fingerprint density at radius 3 is 2.75 bits per heavy atom. The molecule has 1 saturated heterocycles. The molecule has 2 atom stereocenters. The Morgan fingerprint density at radius 1 is 1.25 bits per heavy atom. The quantitative estimate of drug-likeness (QED) is 0.552. The van der Waals surface area contributed by atoms with Gasteiger partial charge in [-0.25, -0.2) is 0 Å². The third-order valence-corrected chi connectivity index (χ3v) is 5.18. The van der Waals surface area contributed by atoms with Crippen LogP contribution in [-0.4, -0.2) is 25.2 Å². The van der Waals surface area contributed by atoms with E-state index in [-0.39, 0.29) is 5.41 Å². The molecule has 3 heteroatoms. The highest BCUT2D eigenvalue weighted by atomic mass is 35.5.